The first-order chi connectivity index (χ1) is 12.5. The standard InChI is InChI=1S/C14H24N4O8S/c1-6(19)11(18-12(24)7(15)5-27)14(26)17-8(2-3-9(20)21)13(25)16-4-10(22)23/h6-8,11,19,27H,2-5,15H2,1H3,(H,16,25)(H,17,26)(H,18,24)(H,20,21)(H,22,23). The van der Waals surface area contributed by atoms with Crippen LogP contribution in [0.2, 0.25) is 0 Å². The van der Waals surface area contributed by atoms with Crippen LogP contribution >= 0.6 is 12.6 Å². The van der Waals surface area contributed by atoms with Gasteiger partial charge >= 0.3 is 11.9 Å². The molecular weight excluding hydrogens is 384 g/mol. The van der Waals surface area contributed by atoms with E-state index in [0.29, 0.717) is 0 Å². The van der Waals surface area contributed by atoms with Gasteiger partial charge in [-0.2, -0.15) is 12.6 Å². The quantitative estimate of drug-likeness (QED) is 0.152. The zero-order chi connectivity index (χ0) is 21.1. The maximum absolute atomic E-state index is 12.3. The summed E-state index contributed by atoms with van der Waals surface area (Å²) in [4.78, 5) is 57.4. The average Bonchev–Trinajstić information content (AvgIpc) is 2.59. The van der Waals surface area contributed by atoms with Gasteiger partial charge in [0.05, 0.1) is 12.1 Å². The molecule has 0 aromatic rings. The highest BCUT2D eigenvalue weighted by Gasteiger charge is 2.31. The number of hydrogen-bond acceptors (Lipinski definition) is 8. The Morgan fingerprint density at radius 3 is 2.04 bits per heavy atom. The summed E-state index contributed by atoms with van der Waals surface area (Å²) < 4.78 is 0. The number of carbonyl (C=O) groups excluding carboxylic acids is 3. The number of amides is 3. The Bertz CT molecular complexity index is 571. The third-order valence-electron chi connectivity index (χ3n) is 3.29. The van der Waals surface area contributed by atoms with Crippen molar-refractivity contribution in [2.24, 2.45) is 5.73 Å². The highest BCUT2D eigenvalue weighted by molar-refractivity contribution is 7.80. The van der Waals surface area contributed by atoms with Gasteiger partial charge in [0.25, 0.3) is 0 Å². The summed E-state index contributed by atoms with van der Waals surface area (Å²) in [5.74, 6) is -5.23. The van der Waals surface area contributed by atoms with Crippen molar-refractivity contribution in [3.05, 3.63) is 0 Å². The molecule has 0 radical (unpaired) electrons. The fourth-order valence-corrected chi connectivity index (χ4v) is 2.00. The van der Waals surface area contributed by atoms with Crippen LogP contribution in [0.1, 0.15) is 19.8 Å². The molecule has 8 N–H and O–H groups in total. The molecule has 0 aliphatic heterocycles. The van der Waals surface area contributed by atoms with Crippen LogP contribution in [0.25, 0.3) is 0 Å². The van der Waals surface area contributed by atoms with E-state index in [9.17, 15) is 29.1 Å². The minimum atomic E-state index is -1.47. The Morgan fingerprint density at radius 1 is 1.00 bits per heavy atom. The molecule has 0 rings (SSSR count). The molecule has 27 heavy (non-hydrogen) atoms. The second-order valence-corrected chi connectivity index (χ2v) is 5.99. The van der Waals surface area contributed by atoms with E-state index in [1.54, 1.807) is 0 Å². The molecule has 4 unspecified atom stereocenters. The number of hydrogen-bond donors (Lipinski definition) is 8. The Balaban J connectivity index is 5.17. The molecule has 0 bridgehead atoms. The average molecular weight is 408 g/mol. The molecular formula is C14H24N4O8S. The fraction of sp³-hybridized carbons (Fsp3) is 0.643. The van der Waals surface area contributed by atoms with Crippen molar-refractivity contribution in [3.63, 3.8) is 0 Å². The molecule has 0 aromatic carbocycles. The Labute approximate surface area is 160 Å². The first kappa shape index (κ1) is 24.6. The molecule has 0 saturated carbocycles. The smallest absolute Gasteiger partial charge is 0.322 e. The van der Waals surface area contributed by atoms with Gasteiger partial charge in [-0.3, -0.25) is 24.0 Å². The molecule has 3 amide bonds. The summed E-state index contributed by atoms with van der Waals surface area (Å²) in [5, 5.41) is 33.5. The number of carbonyl (C=O) groups is 5. The molecule has 0 spiro atoms. The number of nitrogens with two attached hydrogens (primary N) is 1. The number of thiol groups is 1. The van der Waals surface area contributed by atoms with E-state index in [4.69, 9.17) is 15.9 Å². The maximum atomic E-state index is 12.3. The molecule has 0 fully saturated rings. The molecule has 0 heterocycles. The molecule has 0 aliphatic rings. The first-order valence-electron chi connectivity index (χ1n) is 7.86. The molecule has 154 valence electrons. The number of aliphatic hydroxyl groups is 1. The van der Waals surface area contributed by atoms with E-state index in [-0.39, 0.29) is 12.2 Å². The highest BCUT2D eigenvalue weighted by atomic mass is 32.1. The summed E-state index contributed by atoms with van der Waals surface area (Å²) in [7, 11) is 0. The lowest BCUT2D eigenvalue weighted by Crippen LogP contribution is -2.59. The largest absolute Gasteiger partial charge is 0.481 e. The van der Waals surface area contributed by atoms with Crippen molar-refractivity contribution in [2.45, 2.75) is 44.0 Å². The number of aliphatic carboxylic acids is 2. The Morgan fingerprint density at radius 2 is 1.59 bits per heavy atom. The second kappa shape index (κ2) is 12.1. The maximum Gasteiger partial charge on any atom is 0.322 e. The number of nitrogens with one attached hydrogen (secondary N) is 3. The van der Waals surface area contributed by atoms with Gasteiger partial charge in [0.15, 0.2) is 0 Å². The Hall–Kier alpha value is -2.38. The predicted molar refractivity (Wildman–Crippen MR) is 94.9 cm³/mol. The van der Waals surface area contributed by atoms with Gasteiger partial charge in [-0.25, -0.2) is 0 Å². The zero-order valence-electron chi connectivity index (χ0n) is 14.5. The lowest BCUT2D eigenvalue weighted by molar-refractivity contribution is -0.140. The summed E-state index contributed by atoms with van der Waals surface area (Å²) in [6.07, 6.45) is -2.17. The van der Waals surface area contributed by atoms with Crippen molar-refractivity contribution in [1.29, 1.82) is 0 Å². The lowest BCUT2D eigenvalue weighted by atomic mass is 10.1. The normalized spacial score (nSPS) is 15.0. The minimum absolute atomic E-state index is 0.0151. The molecule has 12 nitrogen and oxygen atoms in total. The topological polar surface area (TPSA) is 208 Å². The van der Waals surface area contributed by atoms with Gasteiger partial charge in [-0.05, 0) is 13.3 Å². The summed E-state index contributed by atoms with van der Waals surface area (Å²) in [6.45, 7) is 0.485. The summed E-state index contributed by atoms with van der Waals surface area (Å²) >= 11 is 3.84. The van der Waals surface area contributed by atoms with Crippen LogP contribution in [-0.4, -0.2) is 81.5 Å². The van der Waals surface area contributed by atoms with E-state index in [1.165, 1.54) is 6.92 Å². The van der Waals surface area contributed by atoms with Crippen LogP contribution in [0.15, 0.2) is 0 Å². The van der Waals surface area contributed by atoms with Gasteiger partial charge in [-0.1, -0.05) is 0 Å². The zero-order valence-corrected chi connectivity index (χ0v) is 15.4. The van der Waals surface area contributed by atoms with Gasteiger partial charge in [0.2, 0.25) is 17.7 Å². The monoisotopic (exact) mass is 408 g/mol. The first-order valence-corrected chi connectivity index (χ1v) is 8.49. The number of carboxylic acid groups (broad SMARTS) is 2. The number of rotatable bonds is 12. The van der Waals surface area contributed by atoms with Gasteiger partial charge < -0.3 is 37.0 Å². The van der Waals surface area contributed by atoms with Crippen LogP contribution in [0, 0.1) is 0 Å². The van der Waals surface area contributed by atoms with Crippen LogP contribution in [0.3, 0.4) is 0 Å². The lowest BCUT2D eigenvalue weighted by Gasteiger charge is -2.25. The van der Waals surface area contributed by atoms with Gasteiger partial charge in [0.1, 0.15) is 18.6 Å². The molecule has 0 aromatic heterocycles. The molecule has 0 saturated heterocycles. The van der Waals surface area contributed by atoms with Crippen molar-refractivity contribution in [1.82, 2.24) is 16.0 Å². The van der Waals surface area contributed by atoms with Crippen LogP contribution < -0.4 is 21.7 Å². The molecule has 4 atom stereocenters. The predicted octanol–water partition coefficient (Wildman–Crippen LogP) is -3.34. The third-order valence-corrected chi connectivity index (χ3v) is 3.68. The van der Waals surface area contributed by atoms with E-state index in [2.05, 4.69) is 23.3 Å². The number of aliphatic hydroxyl groups excluding tert-OH is 1. The second-order valence-electron chi connectivity index (χ2n) is 5.62. The van der Waals surface area contributed by atoms with Crippen molar-refractivity contribution < 1.29 is 39.3 Å². The minimum Gasteiger partial charge on any atom is -0.481 e. The number of carboxylic acids is 2. The molecule has 13 heteroatoms. The third kappa shape index (κ3) is 9.77. The summed E-state index contributed by atoms with van der Waals surface area (Å²) in [5.41, 5.74) is 5.48. The van der Waals surface area contributed by atoms with Gasteiger partial charge in [-0.15, -0.1) is 0 Å². The van der Waals surface area contributed by atoms with Crippen molar-refractivity contribution >= 4 is 42.3 Å². The molecule has 0 aliphatic carbocycles. The van der Waals surface area contributed by atoms with E-state index >= 15 is 0 Å². The van der Waals surface area contributed by atoms with Crippen LogP contribution in [0.5, 0.6) is 0 Å². The van der Waals surface area contributed by atoms with Crippen molar-refractivity contribution in [3.8, 4) is 0 Å². The highest BCUT2D eigenvalue weighted by Crippen LogP contribution is 2.02. The van der Waals surface area contributed by atoms with Crippen LogP contribution in [-0.2, 0) is 24.0 Å². The van der Waals surface area contributed by atoms with E-state index in [0.717, 1.165) is 0 Å². The van der Waals surface area contributed by atoms with Crippen molar-refractivity contribution in [2.75, 3.05) is 12.3 Å². The fourth-order valence-electron chi connectivity index (χ4n) is 1.83. The van der Waals surface area contributed by atoms with Crippen LogP contribution in [0.4, 0.5) is 0 Å². The summed E-state index contributed by atoms with van der Waals surface area (Å²) in [6, 6.07) is -3.89. The van der Waals surface area contributed by atoms with Gasteiger partial charge in [0, 0.05) is 12.2 Å². The van der Waals surface area contributed by atoms with E-state index < -0.39 is 66.9 Å². The SMILES string of the molecule is CC(O)C(NC(=O)C(N)CS)C(=O)NC(CCC(=O)O)C(=O)NCC(=O)O. The van der Waals surface area contributed by atoms with E-state index in [1.807, 2.05) is 5.32 Å². The Kier molecular flexibility index (Phi) is 11.0.